The molecule has 1 amide bonds. The quantitative estimate of drug-likeness (QED) is 0.892. The van der Waals surface area contributed by atoms with Crippen molar-refractivity contribution in [3.63, 3.8) is 0 Å². The van der Waals surface area contributed by atoms with Gasteiger partial charge in [-0.1, -0.05) is 13.0 Å². The molecule has 2 rings (SSSR count). The minimum atomic E-state index is 0.231. The van der Waals surface area contributed by atoms with Gasteiger partial charge in [0.25, 0.3) is 0 Å². The van der Waals surface area contributed by atoms with Crippen LogP contribution in [0.15, 0.2) is 17.5 Å². The molecule has 1 saturated heterocycles. The molecule has 94 valence electrons. The van der Waals surface area contributed by atoms with Gasteiger partial charge in [-0.15, -0.1) is 11.3 Å². The van der Waals surface area contributed by atoms with E-state index >= 15 is 0 Å². The molecule has 1 aromatic heterocycles. The van der Waals surface area contributed by atoms with Crippen LogP contribution in [-0.4, -0.2) is 29.9 Å². The first-order chi connectivity index (χ1) is 8.22. The molecule has 2 atom stereocenters. The molecule has 0 saturated carbocycles. The second-order valence-corrected chi connectivity index (χ2v) is 5.80. The maximum Gasteiger partial charge on any atom is 0.228 e. The molecule has 1 fully saturated rings. The number of hydrogen-bond donors (Lipinski definition) is 1. The summed E-state index contributed by atoms with van der Waals surface area (Å²) in [5, 5.41) is 2.02. The smallest absolute Gasteiger partial charge is 0.228 e. The van der Waals surface area contributed by atoms with Crippen LogP contribution in [0.4, 0.5) is 0 Å². The van der Waals surface area contributed by atoms with Crippen LogP contribution in [0.5, 0.6) is 0 Å². The van der Waals surface area contributed by atoms with E-state index in [0.29, 0.717) is 18.9 Å². The highest BCUT2D eigenvalue weighted by molar-refractivity contribution is 7.10. The summed E-state index contributed by atoms with van der Waals surface area (Å²) in [6.45, 7) is 3.65. The Hall–Kier alpha value is -0.870. The molecular weight excluding hydrogens is 232 g/mol. The summed E-state index contributed by atoms with van der Waals surface area (Å²) in [5.74, 6) is 0.760. The molecule has 0 bridgehead atoms. The zero-order valence-electron chi connectivity index (χ0n) is 10.3. The Morgan fingerprint density at radius 3 is 3.12 bits per heavy atom. The van der Waals surface area contributed by atoms with Gasteiger partial charge in [-0.3, -0.25) is 4.79 Å². The van der Waals surface area contributed by atoms with E-state index in [1.807, 2.05) is 22.4 Å². The average Bonchev–Trinajstić information content (AvgIpc) is 2.81. The van der Waals surface area contributed by atoms with Crippen LogP contribution in [0.1, 0.15) is 24.6 Å². The summed E-state index contributed by atoms with van der Waals surface area (Å²) >= 11 is 1.65. The third kappa shape index (κ3) is 2.87. The van der Waals surface area contributed by atoms with Crippen molar-refractivity contribution in [1.29, 1.82) is 0 Å². The number of amides is 1. The molecule has 17 heavy (non-hydrogen) atoms. The van der Waals surface area contributed by atoms with Gasteiger partial charge in [0.05, 0.1) is 6.42 Å². The van der Waals surface area contributed by atoms with Gasteiger partial charge >= 0.3 is 0 Å². The third-order valence-corrected chi connectivity index (χ3v) is 4.46. The van der Waals surface area contributed by atoms with E-state index in [-0.39, 0.29) is 11.9 Å². The number of nitrogens with two attached hydrogens (primary N) is 1. The maximum absolute atomic E-state index is 12.3. The van der Waals surface area contributed by atoms with E-state index in [1.54, 1.807) is 11.3 Å². The van der Waals surface area contributed by atoms with Crippen molar-refractivity contribution < 1.29 is 4.79 Å². The van der Waals surface area contributed by atoms with Crippen molar-refractivity contribution in [3.05, 3.63) is 22.4 Å². The van der Waals surface area contributed by atoms with Crippen LogP contribution in [-0.2, 0) is 11.2 Å². The Balaban J connectivity index is 2.02. The van der Waals surface area contributed by atoms with Gasteiger partial charge < -0.3 is 10.6 Å². The van der Waals surface area contributed by atoms with E-state index in [0.717, 1.165) is 17.8 Å². The lowest BCUT2D eigenvalue weighted by molar-refractivity contribution is -0.135. The number of carbonyl (C=O) groups is 1. The van der Waals surface area contributed by atoms with Gasteiger partial charge in [0.1, 0.15) is 0 Å². The van der Waals surface area contributed by atoms with E-state index in [9.17, 15) is 4.79 Å². The molecule has 1 aliphatic rings. The minimum Gasteiger partial charge on any atom is -0.338 e. The van der Waals surface area contributed by atoms with Crippen LogP contribution in [0.2, 0.25) is 0 Å². The molecule has 3 nitrogen and oxygen atoms in total. The summed E-state index contributed by atoms with van der Waals surface area (Å²) in [7, 11) is 0. The fourth-order valence-electron chi connectivity index (χ4n) is 2.58. The Kier molecular flexibility index (Phi) is 4.18. The first kappa shape index (κ1) is 12.6. The number of thiophene rings is 1. The lowest BCUT2D eigenvalue weighted by Crippen LogP contribution is -2.51. The van der Waals surface area contributed by atoms with Crippen LogP contribution in [0.3, 0.4) is 0 Å². The molecule has 0 aromatic carbocycles. The summed E-state index contributed by atoms with van der Waals surface area (Å²) in [5.41, 5.74) is 5.80. The first-order valence-corrected chi connectivity index (χ1v) is 7.12. The normalized spacial score (nSPS) is 24.9. The molecule has 4 heteroatoms. The fraction of sp³-hybridized carbons (Fsp3) is 0.615. The van der Waals surface area contributed by atoms with Gasteiger partial charge in [-0.05, 0) is 30.2 Å². The molecule has 0 aliphatic carbocycles. The van der Waals surface area contributed by atoms with Crippen molar-refractivity contribution in [2.24, 2.45) is 11.7 Å². The number of nitrogens with zero attached hydrogens (tertiary/aromatic N) is 1. The highest BCUT2D eigenvalue weighted by atomic mass is 32.1. The molecule has 2 N–H and O–H groups in total. The van der Waals surface area contributed by atoms with Crippen LogP contribution in [0.25, 0.3) is 0 Å². The Morgan fingerprint density at radius 1 is 1.65 bits per heavy atom. The number of hydrogen-bond acceptors (Lipinski definition) is 3. The predicted octanol–water partition coefficient (Wildman–Crippen LogP) is 1.88. The lowest BCUT2D eigenvalue weighted by atomic mass is 9.90. The third-order valence-electron chi connectivity index (χ3n) is 3.58. The van der Waals surface area contributed by atoms with E-state index in [4.69, 9.17) is 5.73 Å². The van der Waals surface area contributed by atoms with Crippen molar-refractivity contribution in [1.82, 2.24) is 4.90 Å². The standard InChI is InChI=1S/C13H20N2OS/c1-10-4-2-6-15(12(10)9-14)13(16)8-11-5-3-7-17-11/h3,5,7,10,12H,2,4,6,8-9,14H2,1H3. The first-order valence-electron chi connectivity index (χ1n) is 6.24. The monoisotopic (exact) mass is 252 g/mol. The van der Waals surface area contributed by atoms with E-state index < -0.39 is 0 Å². The van der Waals surface area contributed by atoms with E-state index in [1.165, 1.54) is 6.42 Å². The Labute approximate surface area is 107 Å². The molecule has 2 heterocycles. The zero-order chi connectivity index (χ0) is 12.3. The Morgan fingerprint density at radius 2 is 2.47 bits per heavy atom. The van der Waals surface area contributed by atoms with Crippen molar-refractivity contribution >= 4 is 17.2 Å². The Bertz CT molecular complexity index is 364. The van der Waals surface area contributed by atoms with Crippen molar-refractivity contribution in [2.75, 3.05) is 13.1 Å². The zero-order valence-corrected chi connectivity index (χ0v) is 11.1. The second-order valence-electron chi connectivity index (χ2n) is 4.77. The summed E-state index contributed by atoms with van der Waals surface area (Å²) in [4.78, 5) is 15.4. The molecule has 2 unspecified atom stereocenters. The molecular formula is C13H20N2OS. The van der Waals surface area contributed by atoms with Gasteiger partial charge in [0.15, 0.2) is 0 Å². The largest absolute Gasteiger partial charge is 0.338 e. The van der Waals surface area contributed by atoms with Crippen LogP contribution in [0, 0.1) is 5.92 Å². The van der Waals surface area contributed by atoms with Gasteiger partial charge in [0.2, 0.25) is 5.91 Å². The number of likely N-dealkylation sites (tertiary alicyclic amines) is 1. The SMILES string of the molecule is CC1CCCN(C(=O)Cc2cccs2)C1CN. The number of carbonyl (C=O) groups excluding carboxylic acids is 1. The molecule has 1 aliphatic heterocycles. The summed E-state index contributed by atoms with van der Waals surface area (Å²) in [6, 6.07) is 4.25. The summed E-state index contributed by atoms with van der Waals surface area (Å²) < 4.78 is 0. The maximum atomic E-state index is 12.3. The van der Waals surface area contributed by atoms with Crippen molar-refractivity contribution in [3.8, 4) is 0 Å². The summed E-state index contributed by atoms with van der Waals surface area (Å²) in [6.07, 6.45) is 2.82. The highest BCUT2D eigenvalue weighted by Crippen LogP contribution is 2.23. The topological polar surface area (TPSA) is 46.3 Å². The van der Waals surface area contributed by atoms with Crippen LogP contribution >= 0.6 is 11.3 Å². The van der Waals surface area contributed by atoms with E-state index in [2.05, 4.69) is 6.92 Å². The van der Waals surface area contributed by atoms with Gasteiger partial charge in [-0.2, -0.15) is 0 Å². The highest BCUT2D eigenvalue weighted by Gasteiger charge is 2.30. The molecule has 1 aromatic rings. The fourth-order valence-corrected chi connectivity index (χ4v) is 3.28. The number of rotatable bonds is 3. The minimum absolute atomic E-state index is 0.231. The van der Waals surface area contributed by atoms with Crippen molar-refractivity contribution in [2.45, 2.75) is 32.2 Å². The average molecular weight is 252 g/mol. The molecule has 0 spiro atoms. The van der Waals surface area contributed by atoms with Crippen LogP contribution < -0.4 is 5.73 Å². The number of piperidine rings is 1. The van der Waals surface area contributed by atoms with Gasteiger partial charge in [-0.25, -0.2) is 0 Å². The lowest BCUT2D eigenvalue weighted by Gasteiger charge is -2.39. The molecule has 0 radical (unpaired) electrons. The predicted molar refractivity (Wildman–Crippen MR) is 71.0 cm³/mol. The van der Waals surface area contributed by atoms with Gasteiger partial charge in [0, 0.05) is 24.0 Å². The second kappa shape index (κ2) is 5.65.